The molecule has 0 aromatic heterocycles. The third kappa shape index (κ3) is 3.78. The third-order valence-corrected chi connectivity index (χ3v) is 4.05. The highest BCUT2D eigenvalue weighted by Gasteiger charge is 2.26. The first-order chi connectivity index (χ1) is 8.29. The Labute approximate surface area is 105 Å². The lowest BCUT2D eigenvalue weighted by Gasteiger charge is -2.32. The third-order valence-electron chi connectivity index (χ3n) is 4.05. The number of ether oxygens (including phenoxy) is 1. The molecule has 1 saturated heterocycles. The van der Waals surface area contributed by atoms with Gasteiger partial charge in [-0.05, 0) is 39.2 Å². The molecule has 1 saturated carbocycles. The van der Waals surface area contributed by atoms with Gasteiger partial charge in [0.05, 0.1) is 12.6 Å². The van der Waals surface area contributed by atoms with Crippen molar-refractivity contribution in [3.8, 4) is 0 Å². The van der Waals surface area contributed by atoms with Gasteiger partial charge >= 0.3 is 0 Å². The van der Waals surface area contributed by atoms with Gasteiger partial charge < -0.3 is 4.74 Å². The topological polar surface area (TPSA) is 29.5 Å². The first-order valence-electron chi connectivity index (χ1n) is 7.16. The number of Topliss-reactive ketones (excluding diaryl/α,β-unsaturated/α-hetero) is 1. The van der Waals surface area contributed by atoms with E-state index in [1.807, 2.05) is 6.92 Å². The fraction of sp³-hybridized carbons (Fsp3) is 0.929. The zero-order chi connectivity index (χ0) is 12.1. The molecule has 2 rings (SSSR count). The van der Waals surface area contributed by atoms with Gasteiger partial charge in [-0.1, -0.05) is 12.8 Å². The molecule has 1 atom stereocenters. The quantitative estimate of drug-likeness (QED) is 0.737. The Balaban J connectivity index is 1.75. The van der Waals surface area contributed by atoms with E-state index < -0.39 is 0 Å². The van der Waals surface area contributed by atoms with E-state index in [0.717, 1.165) is 39.0 Å². The van der Waals surface area contributed by atoms with Gasteiger partial charge in [0.2, 0.25) is 0 Å². The maximum absolute atomic E-state index is 12.1. The average molecular weight is 239 g/mol. The molecule has 17 heavy (non-hydrogen) atoms. The lowest BCUT2D eigenvalue weighted by molar-refractivity contribution is -0.124. The van der Waals surface area contributed by atoms with Gasteiger partial charge in [0.25, 0.3) is 0 Å². The highest BCUT2D eigenvalue weighted by atomic mass is 16.5. The van der Waals surface area contributed by atoms with E-state index in [1.54, 1.807) is 0 Å². The Hall–Kier alpha value is -0.410. The largest absolute Gasteiger partial charge is 0.377 e. The number of piperidine rings is 1. The minimum Gasteiger partial charge on any atom is -0.377 e. The van der Waals surface area contributed by atoms with Gasteiger partial charge in [-0.15, -0.1) is 0 Å². The van der Waals surface area contributed by atoms with Crippen LogP contribution in [0.5, 0.6) is 0 Å². The summed E-state index contributed by atoms with van der Waals surface area (Å²) in [6.45, 7) is 5.51. The second-order valence-corrected chi connectivity index (χ2v) is 5.40. The molecule has 0 amide bonds. The van der Waals surface area contributed by atoms with Gasteiger partial charge in [-0.3, -0.25) is 9.69 Å². The zero-order valence-electron chi connectivity index (χ0n) is 11.0. The molecule has 3 nitrogen and oxygen atoms in total. The molecule has 3 heteroatoms. The fourth-order valence-corrected chi connectivity index (χ4v) is 3.13. The summed E-state index contributed by atoms with van der Waals surface area (Å²) in [5, 5.41) is 0. The van der Waals surface area contributed by atoms with Crippen LogP contribution in [-0.2, 0) is 9.53 Å². The molecule has 0 spiro atoms. The van der Waals surface area contributed by atoms with Crippen LogP contribution in [0, 0.1) is 5.92 Å². The van der Waals surface area contributed by atoms with Crippen molar-refractivity contribution < 1.29 is 9.53 Å². The predicted molar refractivity (Wildman–Crippen MR) is 68.1 cm³/mol. The van der Waals surface area contributed by atoms with E-state index >= 15 is 0 Å². The second-order valence-electron chi connectivity index (χ2n) is 5.40. The van der Waals surface area contributed by atoms with Crippen LogP contribution in [0.25, 0.3) is 0 Å². The van der Waals surface area contributed by atoms with Crippen LogP contribution < -0.4 is 0 Å². The molecule has 1 aliphatic heterocycles. The van der Waals surface area contributed by atoms with Crippen molar-refractivity contribution in [2.45, 2.75) is 51.6 Å². The van der Waals surface area contributed by atoms with Crippen molar-refractivity contribution in [2.24, 2.45) is 5.92 Å². The molecule has 2 fully saturated rings. The Morgan fingerprint density at radius 3 is 2.71 bits per heavy atom. The van der Waals surface area contributed by atoms with Crippen LogP contribution in [0.15, 0.2) is 0 Å². The summed E-state index contributed by atoms with van der Waals surface area (Å²) in [6, 6.07) is 0. The van der Waals surface area contributed by atoms with E-state index in [0.29, 0.717) is 24.3 Å². The van der Waals surface area contributed by atoms with E-state index in [-0.39, 0.29) is 0 Å². The lowest BCUT2D eigenvalue weighted by atomic mass is 10.0. The first-order valence-corrected chi connectivity index (χ1v) is 7.16. The van der Waals surface area contributed by atoms with Crippen LogP contribution in [0.2, 0.25) is 0 Å². The lowest BCUT2D eigenvalue weighted by Crippen LogP contribution is -2.43. The molecule has 1 unspecified atom stereocenters. The van der Waals surface area contributed by atoms with Crippen molar-refractivity contribution in [1.29, 1.82) is 0 Å². The molecular formula is C14H25NO2. The highest BCUT2D eigenvalue weighted by Crippen LogP contribution is 2.26. The van der Waals surface area contributed by atoms with Gasteiger partial charge in [-0.25, -0.2) is 0 Å². The van der Waals surface area contributed by atoms with Gasteiger partial charge in [0, 0.05) is 19.1 Å². The van der Waals surface area contributed by atoms with Crippen LogP contribution in [0.1, 0.15) is 45.4 Å². The Morgan fingerprint density at radius 1 is 1.24 bits per heavy atom. The zero-order valence-corrected chi connectivity index (χ0v) is 11.0. The average Bonchev–Trinajstić information content (AvgIpc) is 2.83. The Kier molecular flexibility index (Phi) is 4.99. The van der Waals surface area contributed by atoms with Crippen LogP contribution in [-0.4, -0.2) is 43.0 Å². The number of ketones is 1. The van der Waals surface area contributed by atoms with Crippen molar-refractivity contribution in [3.05, 3.63) is 0 Å². The van der Waals surface area contributed by atoms with Gasteiger partial charge in [0.15, 0.2) is 0 Å². The summed E-state index contributed by atoms with van der Waals surface area (Å²) in [5.41, 5.74) is 0. The maximum Gasteiger partial charge on any atom is 0.149 e. The normalized spacial score (nSPS) is 27.5. The number of likely N-dealkylation sites (tertiary alicyclic amines) is 1. The number of carbonyl (C=O) groups is 1. The van der Waals surface area contributed by atoms with Gasteiger partial charge in [-0.2, -0.15) is 0 Å². The van der Waals surface area contributed by atoms with E-state index in [4.69, 9.17) is 4.74 Å². The molecule has 0 aromatic rings. The summed E-state index contributed by atoms with van der Waals surface area (Å²) in [5.74, 6) is 0.835. The van der Waals surface area contributed by atoms with Crippen molar-refractivity contribution >= 4 is 5.78 Å². The molecular weight excluding hydrogens is 214 g/mol. The molecule has 0 bridgehead atoms. The molecule has 0 radical (unpaired) electrons. The molecule has 0 aromatic carbocycles. The minimum absolute atomic E-state index is 0.352. The molecule has 1 heterocycles. The summed E-state index contributed by atoms with van der Waals surface area (Å²) in [7, 11) is 0. The maximum atomic E-state index is 12.1. The van der Waals surface area contributed by atoms with Crippen LogP contribution >= 0.6 is 0 Å². The molecule has 2 aliphatic rings. The fourth-order valence-electron chi connectivity index (χ4n) is 3.13. The van der Waals surface area contributed by atoms with Crippen LogP contribution in [0.3, 0.4) is 0 Å². The number of nitrogens with zero attached hydrogens (tertiary/aromatic N) is 1. The Bertz CT molecular complexity index is 247. The van der Waals surface area contributed by atoms with Crippen molar-refractivity contribution in [1.82, 2.24) is 4.90 Å². The molecule has 0 N–H and O–H groups in total. The SMILES string of the molecule is CCOC1CCCN(CC(=O)C2CCCC2)C1. The monoisotopic (exact) mass is 239 g/mol. The highest BCUT2D eigenvalue weighted by molar-refractivity contribution is 5.83. The number of hydrogen-bond acceptors (Lipinski definition) is 3. The summed E-state index contributed by atoms with van der Waals surface area (Å²) in [6.07, 6.45) is 7.43. The standard InChI is InChI=1S/C14H25NO2/c1-2-17-13-8-5-9-15(10-13)11-14(16)12-6-3-4-7-12/h12-13H,2-11H2,1H3. The van der Waals surface area contributed by atoms with Crippen molar-refractivity contribution in [3.63, 3.8) is 0 Å². The number of carbonyl (C=O) groups excluding carboxylic acids is 1. The smallest absolute Gasteiger partial charge is 0.149 e. The second kappa shape index (κ2) is 6.50. The van der Waals surface area contributed by atoms with Crippen molar-refractivity contribution in [2.75, 3.05) is 26.2 Å². The molecule has 1 aliphatic carbocycles. The Morgan fingerprint density at radius 2 is 2.00 bits per heavy atom. The number of hydrogen-bond donors (Lipinski definition) is 0. The summed E-state index contributed by atoms with van der Waals surface area (Å²) in [4.78, 5) is 14.4. The first kappa shape index (κ1) is 13.0. The summed E-state index contributed by atoms with van der Waals surface area (Å²) < 4.78 is 5.67. The van der Waals surface area contributed by atoms with E-state index in [2.05, 4.69) is 4.90 Å². The van der Waals surface area contributed by atoms with Gasteiger partial charge in [0.1, 0.15) is 5.78 Å². The summed E-state index contributed by atoms with van der Waals surface area (Å²) >= 11 is 0. The van der Waals surface area contributed by atoms with E-state index in [9.17, 15) is 4.79 Å². The van der Waals surface area contributed by atoms with Crippen LogP contribution in [0.4, 0.5) is 0 Å². The number of rotatable bonds is 5. The predicted octanol–water partition coefficient (Wildman–Crippen LogP) is 2.25. The minimum atomic E-state index is 0.352. The molecule has 98 valence electrons. The van der Waals surface area contributed by atoms with E-state index in [1.165, 1.54) is 19.3 Å².